The molecule has 0 fully saturated rings. The highest BCUT2D eigenvalue weighted by Crippen LogP contribution is 2.38. The Morgan fingerprint density at radius 2 is 1.33 bits per heavy atom. The number of benzene rings is 1. The van der Waals surface area contributed by atoms with Crippen LogP contribution < -0.4 is 5.19 Å². The van der Waals surface area contributed by atoms with E-state index in [1.54, 1.807) is 27.5 Å². The standard InChI is InChI=1S/C23H36Si/c1-9-10-11-12-21-15(3)14(2)13-22(21)24-23-19(7)17(5)16(4)18(6)20(23)8/h13,22H,9-12,24H2,1-8H3. The Balaban J connectivity index is 2.34. The molecule has 0 bridgehead atoms. The fraction of sp³-hybridized carbons (Fsp3) is 0.565. The third-order valence-corrected chi connectivity index (χ3v) is 9.24. The van der Waals surface area contributed by atoms with Gasteiger partial charge in [0.2, 0.25) is 0 Å². The summed E-state index contributed by atoms with van der Waals surface area (Å²) in [5.74, 6) is 0. The van der Waals surface area contributed by atoms with Gasteiger partial charge in [-0.05, 0) is 100 Å². The zero-order valence-electron chi connectivity index (χ0n) is 17.2. The maximum atomic E-state index is 2.59. The molecule has 2 rings (SSSR count). The fourth-order valence-electron chi connectivity index (χ4n) is 4.28. The third kappa shape index (κ3) is 3.61. The second-order valence-corrected chi connectivity index (χ2v) is 9.87. The van der Waals surface area contributed by atoms with E-state index in [2.05, 4.69) is 61.5 Å². The van der Waals surface area contributed by atoms with E-state index in [4.69, 9.17) is 0 Å². The van der Waals surface area contributed by atoms with Crippen molar-refractivity contribution >= 4 is 14.7 Å². The molecule has 0 aromatic heterocycles. The van der Waals surface area contributed by atoms with Crippen molar-refractivity contribution < 1.29 is 0 Å². The number of unbranched alkanes of at least 4 members (excludes halogenated alkanes) is 2. The van der Waals surface area contributed by atoms with Gasteiger partial charge in [0.1, 0.15) is 0 Å². The van der Waals surface area contributed by atoms with E-state index in [1.165, 1.54) is 47.9 Å². The summed E-state index contributed by atoms with van der Waals surface area (Å²) in [6.07, 6.45) is 7.94. The molecule has 132 valence electrons. The zero-order valence-corrected chi connectivity index (χ0v) is 18.6. The summed E-state index contributed by atoms with van der Waals surface area (Å²) >= 11 is 0. The van der Waals surface area contributed by atoms with Gasteiger partial charge in [-0.15, -0.1) is 0 Å². The normalized spacial score (nSPS) is 18.2. The van der Waals surface area contributed by atoms with E-state index in [9.17, 15) is 0 Å². The van der Waals surface area contributed by atoms with Crippen LogP contribution in [0.1, 0.15) is 74.3 Å². The average molecular weight is 341 g/mol. The van der Waals surface area contributed by atoms with Crippen LogP contribution in [0.3, 0.4) is 0 Å². The average Bonchev–Trinajstić information content (AvgIpc) is 2.83. The molecule has 0 saturated heterocycles. The van der Waals surface area contributed by atoms with Gasteiger partial charge in [-0.2, -0.15) is 0 Å². The van der Waals surface area contributed by atoms with Crippen molar-refractivity contribution in [2.45, 2.75) is 86.6 Å². The molecular formula is C23H36Si. The van der Waals surface area contributed by atoms with Gasteiger partial charge < -0.3 is 0 Å². The largest absolute Gasteiger partial charge is 0.0771 e. The molecule has 0 heterocycles. The molecule has 0 radical (unpaired) electrons. The van der Waals surface area contributed by atoms with E-state index < -0.39 is 0 Å². The predicted octanol–water partition coefficient (Wildman–Crippen LogP) is 5.67. The maximum Gasteiger partial charge on any atom is 0.0674 e. The topological polar surface area (TPSA) is 0 Å². The first-order valence-electron chi connectivity index (χ1n) is 9.73. The summed E-state index contributed by atoms with van der Waals surface area (Å²) in [4.78, 5) is 0. The summed E-state index contributed by atoms with van der Waals surface area (Å²) in [7, 11) is -0.331. The number of hydrogen-bond donors (Lipinski definition) is 0. The second-order valence-electron chi connectivity index (χ2n) is 7.87. The molecule has 1 unspecified atom stereocenters. The summed E-state index contributed by atoms with van der Waals surface area (Å²) in [6.45, 7) is 18.6. The van der Waals surface area contributed by atoms with Crippen LogP contribution >= 0.6 is 0 Å². The Labute approximate surface area is 152 Å². The lowest BCUT2D eigenvalue weighted by molar-refractivity contribution is 0.706. The van der Waals surface area contributed by atoms with Crippen LogP contribution in [0, 0.1) is 34.6 Å². The van der Waals surface area contributed by atoms with Crippen molar-refractivity contribution in [3.63, 3.8) is 0 Å². The van der Waals surface area contributed by atoms with Crippen molar-refractivity contribution in [1.82, 2.24) is 0 Å². The molecular weight excluding hydrogens is 304 g/mol. The van der Waals surface area contributed by atoms with Crippen LogP contribution in [-0.4, -0.2) is 9.52 Å². The van der Waals surface area contributed by atoms with Gasteiger partial charge in [-0.25, -0.2) is 0 Å². The van der Waals surface area contributed by atoms with Crippen molar-refractivity contribution in [2.24, 2.45) is 0 Å². The summed E-state index contributed by atoms with van der Waals surface area (Å²) in [5, 5.41) is 1.73. The predicted molar refractivity (Wildman–Crippen MR) is 113 cm³/mol. The molecule has 0 spiro atoms. The summed E-state index contributed by atoms with van der Waals surface area (Å²) < 4.78 is 0. The number of hydrogen-bond acceptors (Lipinski definition) is 0. The highest BCUT2D eigenvalue weighted by molar-refractivity contribution is 6.58. The lowest BCUT2D eigenvalue weighted by atomic mass is 9.95. The number of rotatable bonds is 6. The Bertz CT molecular complexity index is 659. The number of allylic oxidation sites excluding steroid dienone is 4. The molecule has 0 N–H and O–H groups in total. The van der Waals surface area contributed by atoms with Gasteiger partial charge in [-0.3, -0.25) is 0 Å². The molecule has 0 saturated carbocycles. The molecule has 1 aromatic carbocycles. The molecule has 0 nitrogen and oxygen atoms in total. The molecule has 1 aliphatic carbocycles. The lowest BCUT2D eigenvalue weighted by Gasteiger charge is -2.22. The van der Waals surface area contributed by atoms with E-state index in [0.717, 1.165) is 5.54 Å². The van der Waals surface area contributed by atoms with Gasteiger partial charge in [0, 0.05) is 0 Å². The molecule has 1 aromatic rings. The molecule has 1 atom stereocenters. The smallest absolute Gasteiger partial charge is 0.0674 e. The van der Waals surface area contributed by atoms with Gasteiger partial charge in [0.25, 0.3) is 0 Å². The minimum atomic E-state index is -0.331. The van der Waals surface area contributed by atoms with Gasteiger partial charge in [0.15, 0.2) is 0 Å². The molecule has 1 aliphatic rings. The van der Waals surface area contributed by atoms with Crippen LogP contribution in [0.4, 0.5) is 0 Å². The minimum absolute atomic E-state index is 0.331. The first-order valence-corrected chi connectivity index (χ1v) is 11.3. The van der Waals surface area contributed by atoms with Crippen LogP contribution in [0.25, 0.3) is 0 Å². The van der Waals surface area contributed by atoms with Crippen LogP contribution in [0.5, 0.6) is 0 Å². The van der Waals surface area contributed by atoms with E-state index >= 15 is 0 Å². The second kappa shape index (κ2) is 7.87. The Morgan fingerprint density at radius 3 is 1.88 bits per heavy atom. The van der Waals surface area contributed by atoms with Crippen LogP contribution in [0.15, 0.2) is 22.8 Å². The first kappa shape index (κ1) is 19.2. The summed E-state index contributed by atoms with van der Waals surface area (Å²) in [6, 6.07) is 0. The van der Waals surface area contributed by atoms with E-state index in [1.807, 2.05) is 0 Å². The highest BCUT2D eigenvalue weighted by atomic mass is 28.2. The maximum absolute atomic E-state index is 2.59. The Morgan fingerprint density at radius 1 is 0.792 bits per heavy atom. The monoisotopic (exact) mass is 340 g/mol. The fourth-order valence-corrected chi connectivity index (χ4v) is 7.09. The quantitative estimate of drug-likeness (QED) is 0.462. The van der Waals surface area contributed by atoms with Crippen molar-refractivity contribution in [1.29, 1.82) is 0 Å². The van der Waals surface area contributed by atoms with Gasteiger partial charge >= 0.3 is 0 Å². The molecule has 1 heteroatoms. The van der Waals surface area contributed by atoms with Crippen molar-refractivity contribution in [3.05, 3.63) is 50.6 Å². The third-order valence-electron chi connectivity index (χ3n) is 6.60. The minimum Gasteiger partial charge on any atom is -0.0771 e. The zero-order chi connectivity index (χ0) is 18.0. The van der Waals surface area contributed by atoms with Crippen molar-refractivity contribution in [3.8, 4) is 0 Å². The summed E-state index contributed by atoms with van der Waals surface area (Å²) in [5.41, 5.74) is 13.3. The Kier molecular flexibility index (Phi) is 6.31. The molecule has 24 heavy (non-hydrogen) atoms. The van der Waals surface area contributed by atoms with Gasteiger partial charge in [-0.1, -0.05) is 42.2 Å². The molecule has 0 aliphatic heterocycles. The lowest BCUT2D eigenvalue weighted by Crippen LogP contribution is -2.27. The SMILES string of the molecule is CCCCCC1=C(C)C(C)=CC1[SiH2]c1c(C)c(C)c(C)c(C)c1C. The van der Waals surface area contributed by atoms with Crippen LogP contribution in [0.2, 0.25) is 5.54 Å². The molecule has 0 amide bonds. The Hall–Kier alpha value is -1.08. The van der Waals surface area contributed by atoms with E-state index in [0.29, 0.717) is 0 Å². The highest BCUT2D eigenvalue weighted by Gasteiger charge is 2.24. The van der Waals surface area contributed by atoms with Gasteiger partial charge in [0.05, 0.1) is 9.52 Å². The first-order chi connectivity index (χ1) is 11.3. The van der Waals surface area contributed by atoms with Crippen LogP contribution in [-0.2, 0) is 0 Å². The van der Waals surface area contributed by atoms with Crippen molar-refractivity contribution in [2.75, 3.05) is 0 Å². The van der Waals surface area contributed by atoms with E-state index in [-0.39, 0.29) is 9.52 Å².